The number of carboxylic acids is 1. The highest BCUT2D eigenvalue weighted by Crippen LogP contribution is 2.36. The lowest BCUT2D eigenvalue weighted by molar-refractivity contribution is -0.164. The van der Waals surface area contributed by atoms with E-state index in [1.54, 1.807) is 0 Å². The predicted octanol–water partition coefficient (Wildman–Crippen LogP) is 1.17. The van der Waals surface area contributed by atoms with Crippen LogP contribution in [0.1, 0.15) is 37.4 Å². The number of carboxylic acid groups (broad SMARTS) is 1. The third-order valence-corrected chi connectivity index (χ3v) is 4.72. The molecule has 0 unspecified atom stereocenters. The zero-order valence-corrected chi connectivity index (χ0v) is 13.0. The Labute approximate surface area is 125 Å². The molecule has 0 amide bonds. The molecule has 21 heavy (non-hydrogen) atoms. The summed E-state index contributed by atoms with van der Waals surface area (Å²) in [4.78, 5) is 13.9. The molecule has 2 N–H and O–H groups in total. The second-order valence-electron chi connectivity index (χ2n) is 6.11. The first-order valence-electron chi connectivity index (χ1n) is 7.52. The molecule has 6 heteroatoms. The van der Waals surface area contributed by atoms with Crippen LogP contribution in [0.3, 0.4) is 0 Å². The number of aliphatic hydroxyl groups is 1. The first-order valence-corrected chi connectivity index (χ1v) is 7.52. The van der Waals surface area contributed by atoms with Crippen LogP contribution in [0.4, 0.5) is 0 Å². The van der Waals surface area contributed by atoms with Crippen molar-refractivity contribution in [3.63, 3.8) is 0 Å². The smallest absolute Gasteiger partial charge is 0.313 e. The summed E-state index contributed by atoms with van der Waals surface area (Å²) in [5, 5.41) is 24.1. The fraction of sp³-hybridized carbons (Fsp3) is 0.733. The lowest BCUT2D eigenvalue weighted by atomic mass is 9.74. The number of aryl methyl sites for hydroxylation is 1. The number of piperidine rings is 1. The molecule has 1 aliphatic rings. The molecular weight excluding hydrogens is 270 g/mol. The van der Waals surface area contributed by atoms with E-state index in [0.29, 0.717) is 32.5 Å². The summed E-state index contributed by atoms with van der Waals surface area (Å²) in [6.45, 7) is 5.77. The second-order valence-corrected chi connectivity index (χ2v) is 6.11. The van der Waals surface area contributed by atoms with Crippen LogP contribution in [-0.2, 0) is 18.4 Å². The van der Waals surface area contributed by atoms with Gasteiger partial charge in [-0.2, -0.15) is 5.10 Å². The number of aliphatic carboxylic acids is 1. The number of hydrogen-bond acceptors (Lipinski definition) is 4. The number of aliphatic hydroxyl groups excluding tert-OH is 1. The summed E-state index contributed by atoms with van der Waals surface area (Å²) in [6.07, 6.45) is 2.84. The van der Waals surface area contributed by atoms with Gasteiger partial charge in [-0.1, -0.05) is 13.3 Å². The molecule has 1 aromatic heterocycles. The van der Waals surface area contributed by atoms with Gasteiger partial charge >= 0.3 is 5.97 Å². The summed E-state index contributed by atoms with van der Waals surface area (Å²) < 4.78 is 1.82. The van der Waals surface area contributed by atoms with Crippen molar-refractivity contribution >= 4 is 5.97 Å². The van der Waals surface area contributed by atoms with Gasteiger partial charge in [0.2, 0.25) is 0 Å². The molecule has 0 saturated carbocycles. The molecule has 2 atom stereocenters. The van der Waals surface area contributed by atoms with E-state index in [9.17, 15) is 15.0 Å². The highest BCUT2D eigenvalue weighted by molar-refractivity contribution is 5.76. The Morgan fingerprint density at radius 2 is 2.29 bits per heavy atom. The van der Waals surface area contributed by atoms with Crippen LogP contribution in [0.2, 0.25) is 0 Å². The molecule has 6 nitrogen and oxygen atoms in total. The van der Waals surface area contributed by atoms with E-state index in [0.717, 1.165) is 17.7 Å². The van der Waals surface area contributed by atoms with Gasteiger partial charge in [-0.05, 0) is 19.8 Å². The van der Waals surface area contributed by atoms with Gasteiger partial charge in [-0.25, -0.2) is 0 Å². The third kappa shape index (κ3) is 2.96. The van der Waals surface area contributed by atoms with Gasteiger partial charge in [0.25, 0.3) is 0 Å². The monoisotopic (exact) mass is 295 g/mol. The van der Waals surface area contributed by atoms with Crippen molar-refractivity contribution in [2.45, 2.75) is 45.8 Å². The van der Waals surface area contributed by atoms with Crippen molar-refractivity contribution in [1.29, 1.82) is 0 Å². The molecular formula is C15H25N3O3. The zero-order valence-electron chi connectivity index (χ0n) is 13.0. The van der Waals surface area contributed by atoms with Crippen LogP contribution in [0.25, 0.3) is 0 Å². The summed E-state index contributed by atoms with van der Waals surface area (Å²) >= 11 is 0. The molecule has 0 aromatic carbocycles. The summed E-state index contributed by atoms with van der Waals surface area (Å²) in [5.41, 5.74) is 1.17. The molecule has 0 radical (unpaired) electrons. The number of likely N-dealkylation sites (tertiary alicyclic amines) is 1. The number of aromatic nitrogens is 2. The Balaban J connectivity index is 2.16. The lowest BCUT2D eigenvalue weighted by Gasteiger charge is -2.43. The molecule has 1 aliphatic heterocycles. The van der Waals surface area contributed by atoms with Gasteiger partial charge in [-0.3, -0.25) is 14.4 Å². The van der Waals surface area contributed by atoms with Crippen molar-refractivity contribution in [2.75, 3.05) is 13.1 Å². The number of rotatable bonds is 5. The van der Waals surface area contributed by atoms with E-state index in [4.69, 9.17) is 0 Å². The topological polar surface area (TPSA) is 78.6 Å². The molecule has 1 saturated heterocycles. The van der Waals surface area contributed by atoms with Gasteiger partial charge < -0.3 is 10.2 Å². The van der Waals surface area contributed by atoms with Crippen LogP contribution in [0.5, 0.6) is 0 Å². The SMILES string of the molecule is CCC[C@@]1(C(=O)O)CN(Cc2cnn(C)c2C)CC[C@@H]1O. The van der Waals surface area contributed by atoms with E-state index >= 15 is 0 Å². The molecule has 1 aromatic rings. The Hall–Kier alpha value is -1.40. The van der Waals surface area contributed by atoms with Crippen molar-refractivity contribution in [3.05, 3.63) is 17.5 Å². The molecule has 0 aliphatic carbocycles. The van der Waals surface area contributed by atoms with Gasteiger partial charge in [0, 0.05) is 37.9 Å². The maximum Gasteiger partial charge on any atom is 0.313 e. The van der Waals surface area contributed by atoms with Crippen molar-refractivity contribution in [2.24, 2.45) is 12.5 Å². The van der Waals surface area contributed by atoms with Gasteiger partial charge in [-0.15, -0.1) is 0 Å². The molecule has 2 heterocycles. The van der Waals surface area contributed by atoms with Crippen molar-refractivity contribution in [3.8, 4) is 0 Å². The summed E-state index contributed by atoms with van der Waals surface area (Å²) in [7, 11) is 1.90. The first kappa shape index (κ1) is 16.0. The van der Waals surface area contributed by atoms with Gasteiger partial charge in [0.05, 0.1) is 12.3 Å². The van der Waals surface area contributed by atoms with Crippen LogP contribution < -0.4 is 0 Å². The predicted molar refractivity (Wildman–Crippen MR) is 78.8 cm³/mol. The summed E-state index contributed by atoms with van der Waals surface area (Å²) in [5.74, 6) is -0.885. The highest BCUT2D eigenvalue weighted by Gasteiger charge is 2.48. The Morgan fingerprint density at radius 1 is 1.57 bits per heavy atom. The van der Waals surface area contributed by atoms with E-state index in [2.05, 4.69) is 10.00 Å². The molecule has 0 bridgehead atoms. The maximum atomic E-state index is 11.7. The van der Waals surface area contributed by atoms with Crippen LogP contribution in [0, 0.1) is 12.3 Å². The molecule has 2 rings (SSSR count). The lowest BCUT2D eigenvalue weighted by Crippen LogP contribution is -2.55. The third-order valence-electron chi connectivity index (χ3n) is 4.72. The fourth-order valence-electron chi connectivity index (χ4n) is 3.25. The standard InChI is InChI=1S/C15H25N3O3/c1-4-6-15(14(20)21)10-18(7-5-13(15)19)9-12-8-16-17(3)11(12)2/h8,13,19H,4-7,9-10H2,1-3H3,(H,20,21)/t13-,15+/m0/s1. The van der Waals surface area contributed by atoms with Crippen molar-refractivity contribution in [1.82, 2.24) is 14.7 Å². The van der Waals surface area contributed by atoms with Gasteiger partial charge in [0.15, 0.2) is 0 Å². The fourth-order valence-corrected chi connectivity index (χ4v) is 3.25. The minimum Gasteiger partial charge on any atom is -0.481 e. The molecule has 118 valence electrons. The molecule has 0 spiro atoms. The normalized spacial score (nSPS) is 27.0. The van der Waals surface area contributed by atoms with Crippen LogP contribution >= 0.6 is 0 Å². The minimum atomic E-state index is -1.04. The Morgan fingerprint density at radius 3 is 2.81 bits per heavy atom. The Bertz CT molecular complexity index is 514. The minimum absolute atomic E-state index is 0.395. The molecule has 1 fully saturated rings. The Kier molecular flexibility index (Phi) is 4.68. The average Bonchev–Trinajstić information content (AvgIpc) is 2.74. The van der Waals surface area contributed by atoms with E-state index in [1.807, 2.05) is 31.8 Å². The van der Waals surface area contributed by atoms with E-state index in [-0.39, 0.29) is 0 Å². The maximum absolute atomic E-state index is 11.7. The van der Waals surface area contributed by atoms with Crippen molar-refractivity contribution < 1.29 is 15.0 Å². The quantitative estimate of drug-likeness (QED) is 0.852. The van der Waals surface area contributed by atoms with Crippen LogP contribution in [0.15, 0.2) is 6.20 Å². The van der Waals surface area contributed by atoms with E-state index in [1.165, 1.54) is 0 Å². The largest absolute Gasteiger partial charge is 0.481 e. The summed E-state index contributed by atoms with van der Waals surface area (Å²) in [6, 6.07) is 0. The van der Waals surface area contributed by atoms with E-state index < -0.39 is 17.5 Å². The number of hydrogen-bond donors (Lipinski definition) is 2. The van der Waals surface area contributed by atoms with Crippen LogP contribution in [-0.4, -0.2) is 50.1 Å². The van der Waals surface area contributed by atoms with Gasteiger partial charge in [0.1, 0.15) is 5.41 Å². The first-order chi connectivity index (χ1) is 9.90. The zero-order chi connectivity index (χ0) is 15.6. The highest BCUT2D eigenvalue weighted by atomic mass is 16.4. The number of nitrogens with zero attached hydrogens (tertiary/aromatic N) is 3. The average molecular weight is 295 g/mol. The second kappa shape index (κ2) is 6.15. The number of carbonyl (C=O) groups is 1.